The van der Waals surface area contributed by atoms with Gasteiger partial charge in [-0.15, -0.1) is 0 Å². The van der Waals surface area contributed by atoms with E-state index in [4.69, 9.17) is 0 Å². The fourth-order valence-corrected chi connectivity index (χ4v) is 3.29. The van der Waals surface area contributed by atoms with E-state index in [0.717, 1.165) is 12.1 Å². The lowest BCUT2D eigenvalue weighted by molar-refractivity contribution is 0.0172. The number of nitrogens with zero attached hydrogens (tertiary/aromatic N) is 1. The molecular formula is C17H27NO. The van der Waals surface area contributed by atoms with Gasteiger partial charge >= 0.3 is 0 Å². The smallest absolute Gasteiger partial charge is 0.0853 e. The van der Waals surface area contributed by atoms with Crippen LogP contribution in [-0.4, -0.2) is 29.6 Å². The molecule has 1 atom stereocenters. The third kappa shape index (κ3) is 3.58. The summed E-state index contributed by atoms with van der Waals surface area (Å²) in [5.41, 5.74) is 0.894. The molecule has 1 aliphatic rings. The summed E-state index contributed by atoms with van der Waals surface area (Å²) in [6, 6.07) is 10.7. The van der Waals surface area contributed by atoms with Crippen molar-refractivity contribution in [2.45, 2.75) is 51.7 Å². The highest BCUT2D eigenvalue weighted by Crippen LogP contribution is 2.35. The number of aliphatic hydroxyl groups excluding tert-OH is 1. The van der Waals surface area contributed by atoms with E-state index in [2.05, 4.69) is 25.8 Å². The molecule has 1 unspecified atom stereocenters. The molecule has 1 aromatic carbocycles. The maximum absolute atomic E-state index is 10.6. The van der Waals surface area contributed by atoms with E-state index in [0.29, 0.717) is 6.04 Å². The molecule has 106 valence electrons. The first kappa shape index (κ1) is 14.5. The molecule has 1 aliphatic carbocycles. The Balaban J connectivity index is 2.00. The molecule has 0 saturated heterocycles. The SMILES string of the molecule is CN(CC(C)(C)C(O)c1ccccc1)C1CCCC1. The van der Waals surface area contributed by atoms with Crippen LogP contribution in [0.1, 0.15) is 51.2 Å². The summed E-state index contributed by atoms with van der Waals surface area (Å²) in [4.78, 5) is 2.44. The minimum Gasteiger partial charge on any atom is -0.388 e. The first-order chi connectivity index (χ1) is 9.00. The van der Waals surface area contributed by atoms with E-state index in [1.54, 1.807) is 0 Å². The summed E-state index contributed by atoms with van der Waals surface area (Å²) in [6.45, 7) is 5.26. The number of hydrogen-bond acceptors (Lipinski definition) is 2. The highest BCUT2D eigenvalue weighted by atomic mass is 16.3. The lowest BCUT2D eigenvalue weighted by Crippen LogP contribution is -2.40. The molecule has 2 nitrogen and oxygen atoms in total. The Bertz CT molecular complexity index is 382. The Kier molecular flexibility index (Phi) is 4.64. The van der Waals surface area contributed by atoms with E-state index in [1.165, 1.54) is 25.7 Å². The zero-order valence-electron chi connectivity index (χ0n) is 12.5. The Labute approximate surface area is 117 Å². The predicted molar refractivity (Wildman–Crippen MR) is 80.1 cm³/mol. The van der Waals surface area contributed by atoms with Crippen molar-refractivity contribution in [1.29, 1.82) is 0 Å². The maximum atomic E-state index is 10.6. The molecule has 1 fully saturated rings. The summed E-state index contributed by atoms with van der Waals surface area (Å²) < 4.78 is 0. The van der Waals surface area contributed by atoms with Gasteiger partial charge in [-0.3, -0.25) is 0 Å². The maximum Gasteiger partial charge on any atom is 0.0853 e. The topological polar surface area (TPSA) is 23.5 Å². The molecule has 0 heterocycles. The predicted octanol–water partition coefficient (Wildman–Crippen LogP) is 3.62. The fourth-order valence-electron chi connectivity index (χ4n) is 3.29. The second-order valence-electron chi connectivity index (χ2n) is 6.66. The average Bonchev–Trinajstić information content (AvgIpc) is 2.92. The quantitative estimate of drug-likeness (QED) is 0.875. The number of rotatable bonds is 5. The first-order valence-corrected chi connectivity index (χ1v) is 7.44. The van der Waals surface area contributed by atoms with Crippen molar-refractivity contribution < 1.29 is 5.11 Å². The zero-order chi connectivity index (χ0) is 13.9. The van der Waals surface area contributed by atoms with E-state index in [1.807, 2.05) is 30.3 Å². The summed E-state index contributed by atoms with van der Waals surface area (Å²) in [5.74, 6) is 0. The summed E-state index contributed by atoms with van der Waals surface area (Å²) in [6.07, 6.45) is 4.94. The summed E-state index contributed by atoms with van der Waals surface area (Å²) in [5, 5.41) is 10.6. The van der Waals surface area contributed by atoms with Crippen molar-refractivity contribution >= 4 is 0 Å². The van der Waals surface area contributed by atoms with E-state index in [9.17, 15) is 5.11 Å². The molecule has 1 aromatic rings. The van der Waals surface area contributed by atoms with Crippen LogP contribution in [-0.2, 0) is 0 Å². The second kappa shape index (κ2) is 6.06. The van der Waals surface area contributed by atoms with E-state index < -0.39 is 6.10 Å². The molecule has 0 aromatic heterocycles. The largest absolute Gasteiger partial charge is 0.388 e. The lowest BCUT2D eigenvalue weighted by atomic mass is 9.82. The first-order valence-electron chi connectivity index (χ1n) is 7.44. The van der Waals surface area contributed by atoms with Crippen molar-refractivity contribution in [3.8, 4) is 0 Å². The van der Waals surface area contributed by atoms with Gasteiger partial charge in [0.15, 0.2) is 0 Å². The summed E-state index contributed by atoms with van der Waals surface area (Å²) in [7, 11) is 2.20. The van der Waals surface area contributed by atoms with Gasteiger partial charge in [0.1, 0.15) is 0 Å². The third-order valence-corrected chi connectivity index (χ3v) is 4.46. The van der Waals surface area contributed by atoms with Gasteiger partial charge in [-0.05, 0) is 25.5 Å². The van der Waals surface area contributed by atoms with Gasteiger partial charge in [0, 0.05) is 18.0 Å². The molecule has 19 heavy (non-hydrogen) atoms. The van der Waals surface area contributed by atoms with E-state index in [-0.39, 0.29) is 5.41 Å². The number of benzene rings is 1. The van der Waals surface area contributed by atoms with Crippen LogP contribution < -0.4 is 0 Å². The van der Waals surface area contributed by atoms with Crippen molar-refractivity contribution in [2.24, 2.45) is 5.41 Å². The van der Waals surface area contributed by atoms with Crippen molar-refractivity contribution in [3.05, 3.63) is 35.9 Å². The number of hydrogen-bond donors (Lipinski definition) is 1. The van der Waals surface area contributed by atoms with Gasteiger partial charge in [-0.25, -0.2) is 0 Å². The molecule has 2 rings (SSSR count). The van der Waals surface area contributed by atoms with Crippen LogP contribution in [0.25, 0.3) is 0 Å². The Morgan fingerprint density at radius 2 is 1.79 bits per heavy atom. The highest BCUT2D eigenvalue weighted by molar-refractivity contribution is 5.19. The van der Waals surface area contributed by atoms with Gasteiger partial charge in [0.05, 0.1) is 6.10 Å². The molecule has 2 heteroatoms. The molecular weight excluding hydrogens is 234 g/mol. The van der Waals surface area contributed by atoms with Crippen LogP contribution in [0.5, 0.6) is 0 Å². The van der Waals surface area contributed by atoms with Gasteiger partial charge < -0.3 is 10.0 Å². The van der Waals surface area contributed by atoms with Crippen LogP contribution in [0.3, 0.4) is 0 Å². The Morgan fingerprint density at radius 3 is 2.37 bits per heavy atom. The second-order valence-corrected chi connectivity index (χ2v) is 6.66. The van der Waals surface area contributed by atoms with Crippen LogP contribution >= 0.6 is 0 Å². The standard InChI is InChI=1S/C17H27NO/c1-17(2,13-18(3)15-11-7-8-12-15)16(19)14-9-5-4-6-10-14/h4-6,9-10,15-16,19H,7-8,11-13H2,1-3H3. The van der Waals surface area contributed by atoms with Gasteiger partial charge in [0.25, 0.3) is 0 Å². The molecule has 0 spiro atoms. The minimum atomic E-state index is -0.405. The fraction of sp³-hybridized carbons (Fsp3) is 0.647. The van der Waals surface area contributed by atoms with E-state index >= 15 is 0 Å². The minimum absolute atomic E-state index is 0.126. The highest BCUT2D eigenvalue weighted by Gasteiger charge is 2.32. The van der Waals surface area contributed by atoms with Crippen LogP contribution in [0.15, 0.2) is 30.3 Å². The van der Waals surface area contributed by atoms with Crippen molar-refractivity contribution in [2.75, 3.05) is 13.6 Å². The van der Waals surface area contributed by atoms with Crippen molar-refractivity contribution in [1.82, 2.24) is 4.90 Å². The van der Waals surface area contributed by atoms with Gasteiger partial charge in [-0.2, -0.15) is 0 Å². The van der Waals surface area contributed by atoms with Crippen molar-refractivity contribution in [3.63, 3.8) is 0 Å². The zero-order valence-corrected chi connectivity index (χ0v) is 12.5. The van der Waals surface area contributed by atoms with Crippen LogP contribution in [0, 0.1) is 5.41 Å². The average molecular weight is 261 g/mol. The van der Waals surface area contributed by atoms with Crippen LogP contribution in [0.4, 0.5) is 0 Å². The molecule has 1 N–H and O–H groups in total. The molecule has 0 aliphatic heterocycles. The normalized spacial score (nSPS) is 19.0. The molecule has 0 bridgehead atoms. The van der Waals surface area contributed by atoms with Gasteiger partial charge in [-0.1, -0.05) is 57.0 Å². The van der Waals surface area contributed by atoms with Gasteiger partial charge in [0.2, 0.25) is 0 Å². The Morgan fingerprint density at radius 1 is 1.21 bits per heavy atom. The molecule has 1 saturated carbocycles. The van der Waals surface area contributed by atoms with Crippen LogP contribution in [0.2, 0.25) is 0 Å². The lowest BCUT2D eigenvalue weighted by Gasteiger charge is -2.37. The Hall–Kier alpha value is -0.860. The molecule has 0 radical (unpaired) electrons. The molecule has 0 amide bonds. The summed E-state index contributed by atoms with van der Waals surface area (Å²) >= 11 is 0. The number of aliphatic hydroxyl groups is 1. The third-order valence-electron chi connectivity index (χ3n) is 4.46. The monoisotopic (exact) mass is 261 g/mol.